The number of thioether (sulfide) groups is 1. The van der Waals surface area contributed by atoms with Crippen LogP contribution in [0.4, 0.5) is 0 Å². The lowest BCUT2D eigenvalue weighted by Crippen LogP contribution is -2.13. The van der Waals surface area contributed by atoms with Crippen molar-refractivity contribution < 1.29 is 14.6 Å². The van der Waals surface area contributed by atoms with Gasteiger partial charge in [-0.25, -0.2) is 0 Å². The van der Waals surface area contributed by atoms with Crippen LogP contribution in [-0.4, -0.2) is 44.8 Å². The molecule has 1 aromatic heterocycles. The summed E-state index contributed by atoms with van der Waals surface area (Å²) >= 11 is 1.20. The van der Waals surface area contributed by atoms with Gasteiger partial charge >= 0.3 is 5.97 Å². The SMILES string of the molecule is CC(C)c1nnc(SCC(=O)O)n1CCOCC1CC1. The van der Waals surface area contributed by atoms with Gasteiger partial charge in [-0.05, 0) is 18.8 Å². The van der Waals surface area contributed by atoms with Gasteiger partial charge in [0.15, 0.2) is 5.16 Å². The highest BCUT2D eigenvalue weighted by Crippen LogP contribution is 2.28. The number of carboxylic acid groups (broad SMARTS) is 1. The highest BCUT2D eigenvalue weighted by atomic mass is 32.2. The van der Waals surface area contributed by atoms with Gasteiger partial charge in [-0.2, -0.15) is 0 Å². The molecule has 1 aliphatic rings. The van der Waals surface area contributed by atoms with Crippen molar-refractivity contribution in [2.45, 2.75) is 44.3 Å². The van der Waals surface area contributed by atoms with Crippen molar-refractivity contribution in [1.82, 2.24) is 14.8 Å². The molecular formula is C13H21N3O3S. The number of aliphatic carboxylic acids is 1. The van der Waals surface area contributed by atoms with E-state index in [1.807, 2.05) is 4.57 Å². The third kappa shape index (κ3) is 4.49. The topological polar surface area (TPSA) is 77.2 Å². The molecule has 0 aliphatic heterocycles. The predicted molar refractivity (Wildman–Crippen MR) is 76.0 cm³/mol. The van der Waals surface area contributed by atoms with Gasteiger partial charge in [-0.3, -0.25) is 4.79 Å². The van der Waals surface area contributed by atoms with Gasteiger partial charge in [0.2, 0.25) is 0 Å². The van der Waals surface area contributed by atoms with Crippen LogP contribution in [0.15, 0.2) is 5.16 Å². The van der Waals surface area contributed by atoms with Crippen LogP contribution in [-0.2, 0) is 16.1 Å². The van der Waals surface area contributed by atoms with E-state index in [0.717, 1.165) is 18.3 Å². The molecular weight excluding hydrogens is 278 g/mol. The number of aromatic nitrogens is 3. The minimum absolute atomic E-state index is 0.000834. The van der Waals surface area contributed by atoms with Crippen molar-refractivity contribution in [1.29, 1.82) is 0 Å². The normalized spacial score (nSPS) is 14.9. The fourth-order valence-electron chi connectivity index (χ4n) is 1.86. The second-order valence-electron chi connectivity index (χ2n) is 5.35. The fourth-order valence-corrected chi connectivity index (χ4v) is 2.55. The van der Waals surface area contributed by atoms with Crippen LogP contribution in [0.5, 0.6) is 0 Å². The first-order valence-corrected chi connectivity index (χ1v) is 7.92. The maximum atomic E-state index is 10.7. The number of hydrogen-bond acceptors (Lipinski definition) is 5. The highest BCUT2D eigenvalue weighted by molar-refractivity contribution is 7.99. The number of rotatable bonds is 9. The number of carboxylic acids is 1. The van der Waals surface area contributed by atoms with Crippen molar-refractivity contribution in [3.63, 3.8) is 0 Å². The molecule has 1 saturated carbocycles. The summed E-state index contributed by atoms with van der Waals surface area (Å²) in [7, 11) is 0. The number of hydrogen-bond donors (Lipinski definition) is 1. The Morgan fingerprint density at radius 2 is 2.25 bits per heavy atom. The van der Waals surface area contributed by atoms with Crippen LogP contribution in [0, 0.1) is 5.92 Å². The van der Waals surface area contributed by atoms with E-state index in [0.29, 0.717) is 18.3 Å². The molecule has 0 bridgehead atoms. The summed E-state index contributed by atoms with van der Waals surface area (Å²) in [5, 5.41) is 17.7. The molecule has 0 atom stereocenters. The molecule has 0 amide bonds. The zero-order valence-corrected chi connectivity index (χ0v) is 12.7. The highest BCUT2D eigenvalue weighted by Gasteiger charge is 2.21. The Morgan fingerprint density at radius 1 is 1.50 bits per heavy atom. The van der Waals surface area contributed by atoms with E-state index in [9.17, 15) is 4.79 Å². The summed E-state index contributed by atoms with van der Waals surface area (Å²) in [6.45, 7) is 6.23. The molecule has 112 valence electrons. The zero-order chi connectivity index (χ0) is 14.5. The molecule has 7 heteroatoms. The smallest absolute Gasteiger partial charge is 0.313 e. The molecule has 1 fully saturated rings. The molecule has 0 aromatic carbocycles. The summed E-state index contributed by atoms with van der Waals surface area (Å²) in [5.41, 5.74) is 0. The lowest BCUT2D eigenvalue weighted by atomic mass is 10.2. The van der Waals surface area contributed by atoms with Gasteiger partial charge in [0, 0.05) is 19.1 Å². The van der Waals surface area contributed by atoms with Gasteiger partial charge in [0.05, 0.1) is 12.4 Å². The number of carbonyl (C=O) groups is 1. The van der Waals surface area contributed by atoms with Gasteiger partial charge < -0.3 is 14.4 Å². The summed E-state index contributed by atoms with van der Waals surface area (Å²) in [5.74, 6) is 1.04. The molecule has 1 heterocycles. The molecule has 0 spiro atoms. The fraction of sp³-hybridized carbons (Fsp3) is 0.769. The second-order valence-corrected chi connectivity index (χ2v) is 6.29. The molecule has 0 radical (unpaired) electrons. The van der Waals surface area contributed by atoms with Crippen LogP contribution >= 0.6 is 11.8 Å². The first-order chi connectivity index (χ1) is 9.58. The van der Waals surface area contributed by atoms with Gasteiger partial charge in [-0.15, -0.1) is 10.2 Å². The van der Waals surface area contributed by atoms with E-state index in [1.165, 1.54) is 24.6 Å². The number of nitrogens with zero attached hydrogens (tertiary/aromatic N) is 3. The molecule has 1 aromatic rings. The van der Waals surface area contributed by atoms with Gasteiger partial charge in [0.25, 0.3) is 0 Å². The lowest BCUT2D eigenvalue weighted by Gasteiger charge is -2.11. The average Bonchev–Trinajstić information content (AvgIpc) is 3.11. The standard InChI is InChI=1S/C13H21N3O3S/c1-9(2)12-14-15-13(20-8-11(17)18)16(12)5-6-19-7-10-3-4-10/h9-10H,3-8H2,1-2H3,(H,17,18). The van der Waals surface area contributed by atoms with E-state index in [4.69, 9.17) is 9.84 Å². The van der Waals surface area contributed by atoms with E-state index in [1.54, 1.807) is 0 Å². The Hall–Kier alpha value is -1.08. The largest absolute Gasteiger partial charge is 0.481 e. The van der Waals surface area contributed by atoms with Crippen LogP contribution in [0.3, 0.4) is 0 Å². The Kier molecular flexibility index (Phi) is 5.42. The molecule has 1 aliphatic carbocycles. The Balaban J connectivity index is 1.93. The molecule has 20 heavy (non-hydrogen) atoms. The van der Waals surface area contributed by atoms with E-state index in [-0.39, 0.29) is 11.7 Å². The van der Waals surface area contributed by atoms with E-state index in [2.05, 4.69) is 24.0 Å². The number of ether oxygens (including phenoxy) is 1. The van der Waals surface area contributed by atoms with Crippen molar-refractivity contribution >= 4 is 17.7 Å². The summed E-state index contributed by atoms with van der Waals surface area (Å²) in [4.78, 5) is 10.7. The average molecular weight is 299 g/mol. The third-order valence-corrected chi connectivity index (χ3v) is 4.05. The van der Waals surface area contributed by atoms with Crippen LogP contribution in [0.25, 0.3) is 0 Å². The summed E-state index contributed by atoms with van der Waals surface area (Å²) in [6.07, 6.45) is 2.56. The Labute approximate surface area is 122 Å². The zero-order valence-electron chi connectivity index (χ0n) is 11.9. The maximum absolute atomic E-state index is 10.7. The van der Waals surface area contributed by atoms with Gasteiger partial charge in [0.1, 0.15) is 5.82 Å². The van der Waals surface area contributed by atoms with Crippen LogP contribution in [0.1, 0.15) is 38.4 Å². The maximum Gasteiger partial charge on any atom is 0.313 e. The first kappa shape index (κ1) is 15.3. The summed E-state index contributed by atoms with van der Waals surface area (Å²) in [6, 6.07) is 0. The second kappa shape index (κ2) is 7.08. The minimum Gasteiger partial charge on any atom is -0.481 e. The van der Waals surface area contributed by atoms with Crippen molar-refractivity contribution in [3.05, 3.63) is 5.82 Å². The van der Waals surface area contributed by atoms with Crippen LogP contribution < -0.4 is 0 Å². The van der Waals surface area contributed by atoms with Crippen LogP contribution in [0.2, 0.25) is 0 Å². The van der Waals surface area contributed by atoms with E-state index < -0.39 is 5.97 Å². The third-order valence-electron chi connectivity index (χ3n) is 3.10. The van der Waals surface area contributed by atoms with E-state index >= 15 is 0 Å². The molecule has 0 unspecified atom stereocenters. The monoisotopic (exact) mass is 299 g/mol. The predicted octanol–water partition coefficient (Wildman–Crippen LogP) is 2.00. The van der Waals surface area contributed by atoms with Crippen molar-refractivity contribution in [2.75, 3.05) is 19.0 Å². The van der Waals surface area contributed by atoms with Crippen molar-refractivity contribution in [3.8, 4) is 0 Å². The van der Waals surface area contributed by atoms with Gasteiger partial charge in [-0.1, -0.05) is 25.6 Å². The Morgan fingerprint density at radius 3 is 2.85 bits per heavy atom. The van der Waals surface area contributed by atoms with Crippen molar-refractivity contribution in [2.24, 2.45) is 5.92 Å². The Bertz CT molecular complexity index is 458. The summed E-state index contributed by atoms with van der Waals surface area (Å²) < 4.78 is 7.62. The quantitative estimate of drug-likeness (QED) is 0.555. The molecule has 6 nitrogen and oxygen atoms in total. The molecule has 2 rings (SSSR count). The molecule has 0 saturated heterocycles. The lowest BCUT2D eigenvalue weighted by molar-refractivity contribution is -0.133. The molecule has 1 N–H and O–H groups in total. The first-order valence-electron chi connectivity index (χ1n) is 6.93. The minimum atomic E-state index is -0.847.